The summed E-state index contributed by atoms with van der Waals surface area (Å²) in [7, 11) is 2.14. The van der Waals surface area contributed by atoms with Crippen LogP contribution in [0.1, 0.15) is 12.0 Å². The van der Waals surface area contributed by atoms with Crippen molar-refractivity contribution in [1.29, 1.82) is 0 Å². The van der Waals surface area contributed by atoms with Gasteiger partial charge in [0.25, 0.3) is 5.69 Å². The fourth-order valence-corrected chi connectivity index (χ4v) is 3.00. The third-order valence-electron chi connectivity index (χ3n) is 3.49. The van der Waals surface area contributed by atoms with Crippen LogP contribution in [0.25, 0.3) is 0 Å². The number of likely N-dealkylation sites (tertiary alicyclic amines) is 1. The van der Waals surface area contributed by atoms with Gasteiger partial charge in [-0.05, 0) is 54.0 Å². The van der Waals surface area contributed by atoms with E-state index in [-0.39, 0.29) is 10.6 Å². The maximum absolute atomic E-state index is 10.8. The molecule has 1 N–H and O–H groups in total. The van der Waals surface area contributed by atoms with Gasteiger partial charge in [-0.2, -0.15) is 0 Å². The van der Waals surface area contributed by atoms with Crippen molar-refractivity contribution in [1.82, 2.24) is 10.2 Å². The first-order valence-corrected chi connectivity index (χ1v) is 7.18. The summed E-state index contributed by atoms with van der Waals surface area (Å²) < 4.78 is 0.580. The number of nitrogens with zero attached hydrogens (tertiary/aromatic N) is 2. The first-order valence-electron chi connectivity index (χ1n) is 6.39. The molecule has 1 aliphatic heterocycles. The number of nitrogens with one attached hydrogen (secondary N) is 1. The highest BCUT2D eigenvalue weighted by atomic mass is 79.9. The molecular weight excluding hydrogens is 310 g/mol. The fourth-order valence-electron chi connectivity index (χ4n) is 2.45. The Labute approximate surface area is 121 Å². The smallest absolute Gasteiger partial charge is 0.283 e. The highest BCUT2D eigenvalue weighted by molar-refractivity contribution is 9.10. The normalized spacial score (nSPS) is 19.8. The van der Waals surface area contributed by atoms with Gasteiger partial charge in [0.15, 0.2) is 0 Å². The summed E-state index contributed by atoms with van der Waals surface area (Å²) >= 11 is 3.32. The zero-order chi connectivity index (χ0) is 13.8. The molecule has 2 rings (SSSR count). The predicted octanol–water partition coefficient (Wildman–Crippen LogP) is 2.40. The van der Waals surface area contributed by atoms with Gasteiger partial charge in [0.2, 0.25) is 0 Å². The summed E-state index contributed by atoms with van der Waals surface area (Å²) in [5, 5.41) is 14.2. The number of benzene rings is 1. The second-order valence-electron chi connectivity index (χ2n) is 5.06. The van der Waals surface area contributed by atoms with Crippen LogP contribution in [0, 0.1) is 16.0 Å². The largest absolute Gasteiger partial charge is 0.312 e. The van der Waals surface area contributed by atoms with E-state index in [0.717, 1.165) is 25.2 Å². The number of hydrogen-bond donors (Lipinski definition) is 1. The second kappa shape index (κ2) is 6.45. The zero-order valence-corrected chi connectivity index (χ0v) is 12.5. The Balaban J connectivity index is 1.89. The lowest BCUT2D eigenvalue weighted by Gasteiger charge is -2.12. The molecule has 0 aromatic heterocycles. The maximum atomic E-state index is 10.8. The highest BCUT2D eigenvalue weighted by Crippen LogP contribution is 2.28. The summed E-state index contributed by atoms with van der Waals surface area (Å²) in [6.45, 7) is 3.90. The molecule has 0 radical (unpaired) electrons. The van der Waals surface area contributed by atoms with Crippen LogP contribution in [0.4, 0.5) is 5.69 Å². The minimum atomic E-state index is -0.362. The molecule has 1 fully saturated rings. The van der Waals surface area contributed by atoms with E-state index in [9.17, 15) is 10.1 Å². The molecule has 1 aromatic rings. The standard InChI is InChI=1S/C13H18BrN3O2/c1-16-6-5-10(9-16)7-15-8-11-3-2-4-12(13(11)14)17(18)19/h2-4,10,15H,5-9H2,1H3. The zero-order valence-electron chi connectivity index (χ0n) is 10.9. The Bertz CT molecular complexity index is 467. The average molecular weight is 328 g/mol. The molecule has 1 atom stereocenters. The molecular formula is C13H18BrN3O2. The van der Waals surface area contributed by atoms with Crippen molar-refractivity contribution in [3.05, 3.63) is 38.3 Å². The predicted molar refractivity (Wildman–Crippen MR) is 78.1 cm³/mol. The number of nitro groups is 1. The van der Waals surface area contributed by atoms with Crippen LogP contribution in [0.15, 0.2) is 22.7 Å². The van der Waals surface area contributed by atoms with Gasteiger partial charge in [-0.3, -0.25) is 10.1 Å². The average Bonchev–Trinajstić information content (AvgIpc) is 2.77. The third-order valence-corrected chi connectivity index (χ3v) is 4.41. The molecule has 1 unspecified atom stereocenters. The van der Waals surface area contributed by atoms with Gasteiger partial charge in [0.1, 0.15) is 0 Å². The lowest BCUT2D eigenvalue weighted by atomic mass is 10.1. The monoisotopic (exact) mass is 327 g/mol. The van der Waals surface area contributed by atoms with Crippen molar-refractivity contribution < 1.29 is 4.92 Å². The Morgan fingerprint density at radius 2 is 2.37 bits per heavy atom. The van der Waals surface area contributed by atoms with E-state index < -0.39 is 0 Å². The summed E-state index contributed by atoms with van der Waals surface area (Å²) in [5.74, 6) is 0.683. The van der Waals surface area contributed by atoms with E-state index >= 15 is 0 Å². The summed E-state index contributed by atoms with van der Waals surface area (Å²) in [6.07, 6.45) is 1.22. The molecule has 1 aromatic carbocycles. The number of rotatable bonds is 5. The molecule has 5 nitrogen and oxygen atoms in total. The molecule has 0 spiro atoms. The summed E-state index contributed by atoms with van der Waals surface area (Å²) in [5.41, 5.74) is 1.06. The van der Waals surface area contributed by atoms with Gasteiger partial charge in [-0.1, -0.05) is 12.1 Å². The SMILES string of the molecule is CN1CCC(CNCc2cccc([N+](=O)[O-])c2Br)C1. The van der Waals surface area contributed by atoms with Crippen molar-refractivity contribution in [3.8, 4) is 0 Å². The van der Waals surface area contributed by atoms with Crippen LogP contribution in [0.3, 0.4) is 0 Å². The van der Waals surface area contributed by atoms with Gasteiger partial charge in [0.05, 0.1) is 9.40 Å². The van der Waals surface area contributed by atoms with Crippen molar-refractivity contribution in [2.45, 2.75) is 13.0 Å². The number of hydrogen-bond acceptors (Lipinski definition) is 4. The third kappa shape index (κ3) is 3.75. The first kappa shape index (κ1) is 14.4. The number of halogens is 1. The van der Waals surface area contributed by atoms with Gasteiger partial charge >= 0.3 is 0 Å². The fraction of sp³-hybridized carbons (Fsp3) is 0.538. The van der Waals surface area contributed by atoms with Crippen molar-refractivity contribution in [3.63, 3.8) is 0 Å². The molecule has 6 heteroatoms. The lowest BCUT2D eigenvalue weighted by Crippen LogP contribution is -2.24. The van der Waals surface area contributed by atoms with Crippen LogP contribution in [0.2, 0.25) is 0 Å². The van der Waals surface area contributed by atoms with Gasteiger partial charge in [0, 0.05) is 19.2 Å². The van der Waals surface area contributed by atoms with E-state index in [1.807, 2.05) is 6.07 Å². The second-order valence-corrected chi connectivity index (χ2v) is 5.85. The molecule has 0 aliphatic carbocycles. The van der Waals surface area contributed by atoms with Crippen LogP contribution < -0.4 is 5.32 Å². The Morgan fingerprint density at radius 3 is 3.00 bits per heavy atom. The Hall–Kier alpha value is -0.980. The minimum absolute atomic E-state index is 0.125. The van der Waals surface area contributed by atoms with Crippen LogP contribution in [-0.2, 0) is 6.54 Å². The van der Waals surface area contributed by atoms with Crippen LogP contribution in [0.5, 0.6) is 0 Å². The van der Waals surface area contributed by atoms with E-state index in [4.69, 9.17) is 0 Å². The Kier molecular flexibility index (Phi) is 4.90. The van der Waals surface area contributed by atoms with Gasteiger partial charge in [-0.15, -0.1) is 0 Å². The van der Waals surface area contributed by atoms with Gasteiger partial charge in [-0.25, -0.2) is 0 Å². The summed E-state index contributed by atoms with van der Waals surface area (Å²) in [4.78, 5) is 12.8. The number of nitro benzene ring substituents is 1. The van der Waals surface area contributed by atoms with Crippen LogP contribution in [-0.4, -0.2) is 36.5 Å². The molecule has 1 saturated heterocycles. The van der Waals surface area contributed by atoms with Crippen LogP contribution >= 0.6 is 15.9 Å². The first-order chi connectivity index (χ1) is 9.08. The Morgan fingerprint density at radius 1 is 1.58 bits per heavy atom. The van der Waals surface area contributed by atoms with Crippen molar-refractivity contribution in [2.24, 2.45) is 5.92 Å². The van der Waals surface area contributed by atoms with Crippen molar-refractivity contribution >= 4 is 21.6 Å². The minimum Gasteiger partial charge on any atom is -0.312 e. The van der Waals surface area contributed by atoms with Crippen molar-refractivity contribution in [2.75, 3.05) is 26.7 Å². The molecule has 19 heavy (non-hydrogen) atoms. The maximum Gasteiger partial charge on any atom is 0.283 e. The highest BCUT2D eigenvalue weighted by Gasteiger charge is 2.19. The van der Waals surface area contributed by atoms with Gasteiger partial charge < -0.3 is 10.2 Å². The molecule has 104 valence electrons. The van der Waals surface area contributed by atoms with E-state index in [1.54, 1.807) is 6.07 Å². The quantitative estimate of drug-likeness (QED) is 0.666. The molecule has 0 bridgehead atoms. The van der Waals surface area contributed by atoms with E-state index in [2.05, 4.69) is 33.2 Å². The molecule has 1 aliphatic rings. The summed E-state index contributed by atoms with van der Waals surface area (Å²) in [6, 6.07) is 5.15. The topological polar surface area (TPSA) is 58.4 Å². The molecule has 1 heterocycles. The molecule has 0 amide bonds. The van der Waals surface area contributed by atoms with E-state index in [1.165, 1.54) is 12.5 Å². The van der Waals surface area contributed by atoms with E-state index in [0.29, 0.717) is 16.9 Å². The lowest BCUT2D eigenvalue weighted by molar-refractivity contribution is -0.385. The molecule has 0 saturated carbocycles.